The van der Waals surface area contributed by atoms with Gasteiger partial charge >= 0.3 is 11.8 Å². The van der Waals surface area contributed by atoms with Gasteiger partial charge in [-0.3, -0.25) is 19.7 Å². The molecule has 0 radical (unpaired) electrons. The molecule has 10 heteroatoms. The summed E-state index contributed by atoms with van der Waals surface area (Å²) in [6.07, 6.45) is 1.28. The number of nitrogens with zero attached hydrogens (tertiary/aromatic N) is 2. The Morgan fingerprint density at radius 1 is 1.22 bits per heavy atom. The van der Waals surface area contributed by atoms with E-state index in [1.54, 1.807) is 13.0 Å². The van der Waals surface area contributed by atoms with Crippen LogP contribution >= 0.6 is 0 Å². The number of phenolic OH excluding ortho intramolecular Hbond substituents is 1. The summed E-state index contributed by atoms with van der Waals surface area (Å²) in [4.78, 5) is 33.5. The predicted octanol–water partition coefficient (Wildman–Crippen LogP) is 1.79. The van der Waals surface area contributed by atoms with Crippen molar-refractivity contribution in [2.75, 3.05) is 11.9 Å². The maximum atomic E-state index is 11.8. The Morgan fingerprint density at radius 3 is 2.56 bits per heavy atom. The number of amides is 2. The quantitative estimate of drug-likeness (QED) is 0.305. The van der Waals surface area contributed by atoms with Gasteiger partial charge in [-0.15, -0.1) is 0 Å². The third kappa shape index (κ3) is 5.53. The van der Waals surface area contributed by atoms with Gasteiger partial charge in [-0.1, -0.05) is 0 Å². The summed E-state index contributed by atoms with van der Waals surface area (Å²) < 4.78 is 5.23. The van der Waals surface area contributed by atoms with Crippen molar-refractivity contribution in [3.8, 4) is 11.5 Å². The molecule has 0 unspecified atom stereocenters. The topological polar surface area (TPSA) is 143 Å². The highest BCUT2D eigenvalue weighted by molar-refractivity contribution is 6.39. The summed E-state index contributed by atoms with van der Waals surface area (Å²) in [5, 5.41) is 26.1. The summed E-state index contributed by atoms with van der Waals surface area (Å²) >= 11 is 0. The smallest absolute Gasteiger partial charge is 0.329 e. The molecule has 0 fully saturated rings. The number of nitro benzene ring substituents is 1. The Morgan fingerprint density at radius 2 is 1.93 bits per heavy atom. The van der Waals surface area contributed by atoms with Crippen LogP contribution < -0.4 is 15.5 Å². The van der Waals surface area contributed by atoms with E-state index >= 15 is 0 Å². The first-order chi connectivity index (χ1) is 12.9. The van der Waals surface area contributed by atoms with Crippen molar-refractivity contribution in [3.05, 3.63) is 58.1 Å². The van der Waals surface area contributed by atoms with Crippen LogP contribution in [0.1, 0.15) is 12.5 Å². The van der Waals surface area contributed by atoms with Crippen LogP contribution in [0.5, 0.6) is 11.5 Å². The third-order valence-corrected chi connectivity index (χ3v) is 3.21. The van der Waals surface area contributed by atoms with Gasteiger partial charge in [0, 0.05) is 17.8 Å². The molecule has 0 aliphatic rings. The molecule has 10 nitrogen and oxygen atoms in total. The summed E-state index contributed by atoms with van der Waals surface area (Å²) in [6.45, 7) is 2.14. The van der Waals surface area contributed by atoms with Gasteiger partial charge in [0.2, 0.25) is 0 Å². The van der Waals surface area contributed by atoms with Crippen molar-refractivity contribution in [1.82, 2.24) is 5.43 Å². The normalized spacial score (nSPS) is 10.4. The standard InChI is InChI=1S/C17H16N4O6/c1-2-27-15-9-11(3-8-14(15)22)10-18-20-17(24)16(23)19-12-4-6-13(7-5-12)21(25)26/h3-10,22H,2H2,1H3,(H,19,23)(H,20,24)/b18-10-. The fourth-order valence-corrected chi connectivity index (χ4v) is 1.95. The summed E-state index contributed by atoms with van der Waals surface area (Å²) in [5.41, 5.74) is 2.68. The number of nitro groups is 1. The minimum atomic E-state index is -1.02. The number of phenols is 1. The lowest BCUT2D eigenvalue weighted by Crippen LogP contribution is -2.32. The maximum Gasteiger partial charge on any atom is 0.329 e. The Balaban J connectivity index is 1.92. The first kappa shape index (κ1) is 19.4. The number of carbonyl (C=O) groups is 2. The zero-order valence-corrected chi connectivity index (χ0v) is 14.2. The Kier molecular flexibility index (Phi) is 6.42. The van der Waals surface area contributed by atoms with Crippen molar-refractivity contribution in [2.45, 2.75) is 6.92 Å². The first-order valence-electron chi connectivity index (χ1n) is 7.75. The number of hydrogen-bond donors (Lipinski definition) is 3. The Bertz CT molecular complexity index is 879. The van der Waals surface area contributed by atoms with Crippen LogP contribution in [0, 0.1) is 10.1 Å². The molecular formula is C17H16N4O6. The number of hydrazone groups is 1. The van der Waals surface area contributed by atoms with E-state index in [2.05, 4.69) is 15.8 Å². The fraction of sp³-hybridized carbons (Fsp3) is 0.118. The van der Waals surface area contributed by atoms with E-state index in [0.29, 0.717) is 12.2 Å². The molecule has 0 aromatic heterocycles. The van der Waals surface area contributed by atoms with Crippen molar-refractivity contribution in [1.29, 1.82) is 0 Å². The lowest BCUT2D eigenvalue weighted by atomic mass is 10.2. The number of hydrogen-bond acceptors (Lipinski definition) is 7. The second-order valence-electron chi connectivity index (χ2n) is 5.12. The van der Waals surface area contributed by atoms with Crippen LogP contribution in [0.2, 0.25) is 0 Å². The van der Waals surface area contributed by atoms with Crippen LogP contribution in [0.25, 0.3) is 0 Å². The maximum absolute atomic E-state index is 11.8. The molecule has 0 heterocycles. The van der Waals surface area contributed by atoms with E-state index in [1.807, 2.05) is 0 Å². The number of carbonyl (C=O) groups excluding carboxylic acids is 2. The number of ether oxygens (including phenoxy) is 1. The number of benzene rings is 2. The molecule has 2 aromatic rings. The largest absolute Gasteiger partial charge is 0.504 e. The average molecular weight is 372 g/mol. The molecule has 2 aromatic carbocycles. The van der Waals surface area contributed by atoms with Crippen LogP contribution in [0.4, 0.5) is 11.4 Å². The van der Waals surface area contributed by atoms with Gasteiger partial charge < -0.3 is 15.2 Å². The number of anilines is 1. The van der Waals surface area contributed by atoms with Crippen molar-refractivity contribution >= 4 is 29.4 Å². The number of rotatable bonds is 6. The van der Waals surface area contributed by atoms with Crippen LogP contribution in [-0.2, 0) is 9.59 Å². The molecule has 0 bridgehead atoms. The van der Waals surface area contributed by atoms with Crippen molar-refractivity contribution in [2.24, 2.45) is 5.10 Å². The lowest BCUT2D eigenvalue weighted by Gasteiger charge is -2.06. The monoisotopic (exact) mass is 372 g/mol. The Hall–Kier alpha value is -3.95. The van der Waals surface area contributed by atoms with Gasteiger partial charge in [-0.05, 0) is 42.8 Å². The zero-order chi connectivity index (χ0) is 19.8. The van der Waals surface area contributed by atoms with Crippen LogP contribution in [-0.4, -0.2) is 34.7 Å². The Labute approximate surface area is 153 Å². The van der Waals surface area contributed by atoms with Gasteiger partial charge in [-0.25, -0.2) is 5.43 Å². The minimum Gasteiger partial charge on any atom is -0.504 e. The molecule has 140 valence electrons. The van der Waals surface area contributed by atoms with E-state index in [0.717, 1.165) is 0 Å². The van der Waals surface area contributed by atoms with Gasteiger partial charge in [0.1, 0.15) is 0 Å². The van der Waals surface area contributed by atoms with E-state index in [9.17, 15) is 24.8 Å². The SMILES string of the molecule is CCOc1cc(/C=N\NC(=O)C(=O)Nc2ccc([N+](=O)[O-])cc2)ccc1O. The minimum absolute atomic E-state index is 0.0273. The first-order valence-corrected chi connectivity index (χ1v) is 7.75. The van der Waals surface area contributed by atoms with Crippen molar-refractivity contribution < 1.29 is 24.4 Å². The summed E-state index contributed by atoms with van der Waals surface area (Å²) in [6, 6.07) is 9.49. The fourth-order valence-electron chi connectivity index (χ4n) is 1.95. The lowest BCUT2D eigenvalue weighted by molar-refractivity contribution is -0.384. The molecular weight excluding hydrogens is 356 g/mol. The van der Waals surface area contributed by atoms with E-state index in [1.165, 1.54) is 42.6 Å². The van der Waals surface area contributed by atoms with Gasteiger partial charge in [-0.2, -0.15) is 5.10 Å². The van der Waals surface area contributed by atoms with Gasteiger partial charge in [0.05, 0.1) is 17.7 Å². The van der Waals surface area contributed by atoms with Crippen molar-refractivity contribution in [3.63, 3.8) is 0 Å². The number of aromatic hydroxyl groups is 1. The number of non-ortho nitro benzene ring substituents is 1. The molecule has 0 atom stereocenters. The molecule has 27 heavy (non-hydrogen) atoms. The van der Waals surface area contributed by atoms with Crippen LogP contribution in [0.3, 0.4) is 0 Å². The second kappa shape index (κ2) is 8.94. The third-order valence-electron chi connectivity index (χ3n) is 3.21. The molecule has 0 aliphatic heterocycles. The highest BCUT2D eigenvalue weighted by atomic mass is 16.6. The molecule has 3 N–H and O–H groups in total. The summed E-state index contributed by atoms with van der Waals surface area (Å²) in [7, 11) is 0. The van der Waals surface area contributed by atoms with Gasteiger partial charge in [0.25, 0.3) is 5.69 Å². The molecule has 2 rings (SSSR count). The summed E-state index contributed by atoms with van der Waals surface area (Å²) in [5.74, 6) is -1.76. The average Bonchev–Trinajstić information content (AvgIpc) is 2.64. The second-order valence-corrected chi connectivity index (χ2v) is 5.12. The van der Waals surface area contributed by atoms with Gasteiger partial charge in [0.15, 0.2) is 11.5 Å². The van der Waals surface area contributed by atoms with Crippen LogP contribution in [0.15, 0.2) is 47.6 Å². The zero-order valence-electron chi connectivity index (χ0n) is 14.2. The predicted molar refractivity (Wildman–Crippen MR) is 96.7 cm³/mol. The number of nitrogens with one attached hydrogen (secondary N) is 2. The van der Waals surface area contributed by atoms with E-state index in [-0.39, 0.29) is 22.9 Å². The molecule has 2 amide bonds. The van der Waals surface area contributed by atoms with E-state index < -0.39 is 16.7 Å². The molecule has 0 spiro atoms. The molecule has 0 saturated heterocycles. The molecule has 0 saturated carbocycles. The highest BCUT2D eigenvalue weighted by Gasteiger charge is 2.13. The highest BCUT2D eigenvalue weighted by Crippen LogP contribution is 2.26. The van der Waals surface area contributed by atoms with E-state index in [4.69, 9.17) is 4.74 Å². The molecule has 0 aliphatic carbocycles.